The highest BCUT2D eigenvalue weighted by atomic mass is 19.4. The number of nitrogens with zero attached hydrogens (tertiary/aromatic N) is 8. The lowest BCUT2D eigenvalue weighted by molar-refractivity contribution is -0.138. The smallest absolute Gasteiger partial charge is 0.352 e. The monoisotopic (exact) mass is 440 g/mol. The molecule has 1 aromatic carbocycles. The zero-order valence-corrected chi connectivity index (χ0v) is 16.9. The van der Waals surface area contributed by atoms with E-state index in [0.29, 0.717) is 30.1 Å². The molecule has 4 aromatic rings. The number of aromatic nitrogens is 6. The summed E-state index contributed by atoms with van der Waals surface area (Å²) in [5.41, 5.74) is -0.0281. The second-order valence-corrected chi connectivity index (χ2v) is 7.41. The highest BCUT2D eigenvalue weighted by molar-refractivity contribution is 5.86. The summed E-state index contributed by atoms with van der Waals surface area (Å²) in [6.07, 6.45) is 2.05. The van der Waals surface area contributed by atoms with Gasteiger partial charge in [0.2, 0.25) is 5.95 Å². The van der Waals surface area contributed by atoms with Crippen LogP contribution in [0.15, 0.2) is 55.2 Å². The van der Waals surface area contributed by atoms with Gasteiger partial charge in [-0.1, -0.05) is 18.2 Å². The molecule has 5 rings (SSSR count). The van der Waals surface area contributed by atoms with E-state index >= 15 is 0 Å². The largest absolute Gasteiger partial charge is 0.416 e. The molecule has 3 aromatic heterocycles. The third-order valence-corrected chi connectivity index (χ3v) is 5.47. The summed E-state index contributed by atoms with van der Waals surface area (Å²) in [4.78, 5) is 21.6. The Morgan fingerprint density at radius 2 is 1.56 bits per heavy atom. The van der Waals surface area contributed by atoms with Crippen molar-refractivity contribution in [2.45, 2.75) is 12.7 Å². The number of anilines is 2. The van der Waals surface area contributed by atoms with Gasteiger partial charge in [-0.3, -0.25) is 0 Å². The number of fused-ring (bicyclic) bond motifs is 1. The Kier molecular flexibility index (Phi) is 5.08. The highest BCUT2D eigenvalue weighted by Crippen LogP contribution is 2.33. The topological polar surface area (TPSA) is 75.9 Å². The number of hydrogen-bond donors (Lipinski definition) is 0. The van der Waals surface area contributed by atoms with Crippen molar-refractivity contribution in [3.8, 4) is 0 Å². The summed E-state index contributed by atoms with van der Waals surface area (Å²) in [6, 6.07) is 7.29. The molecule has 8 nitrogen and oxygen atoms in total. The summed E-state index contributed by atoms with van der Waals surface area (Å²) < 4.78 is 41.6. The van der Waals surface area contributed by atoms with Gasteiger partial charge in [-0.15, -0.1) is 0 Å². The molecule has 1 saturated heterocycles. The molecule has 32 heavy (non-hydrogen) atoms. The molecule has 0 bridgehead atoms. The Morgan fingerprint density at radius 3 is 2.31 bits per heavy atom. The maximum atomic E-state index is 13.4. The minimum atomic E-state index is -4.43. The Morgan fingerprint density at radius 1 is 0.844 bits per heavy atom. The Hall–Kier alpha value is -3.76. The summed E-state index contributed by atoms with van der Waals surface area (Å²) in [7, 11) is 0. The molecule has 1 aliphatic heterocycles. The van der Waals surface area contributed by atoms with Crippen molar-refractivity contribution in [2.24, 2.45) is 0 Å². The number of hydrogen-bond acceptors (Lipinski definition) is 7. The molecule has 11 heteroatoms. The average molecular weight is 440 g/mol. The summed E-state index contributed by atoms with van der Waals surface area (Å²) >= 11 is 0. The van der Waals surface area contributed by atoms with Crippen LogP contribution >= 0.6 is 0 Å². The first-order valence-electron chi connectivity index (χ1n) is 10.1. The summed E-state index contributed by atoms with van der Waals surface area (Å²) in [6.45, 7) is 2.82. The van der Waals surface area contributed by atoms with Gasteiger partial charge in [0.1, 0.15) is 12.1 Å². The number of halogens is 3. The van der Waals surface area contributed by atoms with Crippen LogP contribution in [0.2, 0.25) is 0 Å². The van der Waals surface area contributed by atoms with Crippen LogP contribution in [-0.2, 0) is 12.7 Å². The molecule has 1 aliphatic rings. The first-order valence-corrected chi connectivity index (χ1v) is 10.1. The van der Waals surface area contributed by atoms with Crippen molar-refractivity contribution in [3.63, 3.8) is 0 Å². The zero-order valence-electron chi connectivity index (χ0n) is 16.9. The fourth-order valence-corrected chi connectivity index (χ4v) is 3.92. The SMILES string of the molecule is FC(F)(F)c1ccccc1Cn1ncc2c(N3CCN(c4ncccn4)CC3)ncnc21. The van der Waals surface area contributed by atoms with E-state index in [1.54, 1.807) is 30.7 Å². The van der Waals surface area contributed by atoms with Crippen LogP contribution in [0.1, 0.15) is 11.1 Å². The van der Waals surface area contributed by atoms with Crippen molar-refractivity contribution in [1.82, 2.24) is 29.7 Å². The lowest BCUT2D eigenvalue weighted by atomic mass is 10.1. The Bertz CT molecular complexity index is 1220. The van der Waals surface area contributed by atoms with E-state index in [2.05, 4.69) is 34.8 Å². The summed E-state index contributed by atoms with van der Waals surface area (Å²) in [5, 5.41) is 5.03. The predicted octanol–water partition coefficient (Wildman–Crippen LogP) is 3.01. The van der Waals surface area contributed by atoms with Crippen LogP contribution in [-0.4, -0.2) is 55.9 Å². The van der Waals surface area contributed by atoms with Crippen LogP contribution < -0.4 is 9.80 Å². The second kappa shape index (κ2) is 8.06. The quantitative estimate of drug-likeness (QED) is 0.483. The van der Waals surface area contributed by atoms with E-state index in [-0.39, 0.29) is 12.1 Å². The number of rotatable bonds is 4. The van der Waals surface area contributed by atoms with Crippen molar-refractivity contribution < 1.29 is 13.2 Å². The van der Waals surface area contributed by atoms with Gasteiger partial charge < -0.3 is 9.80 Å². The Balaban J connectivity index is 1.39. The van der Waals surface area contributed by atoms with Crippen LogP contribution in [0.4, 0.5) is 24.9 Å². The maximum Gasteiger partial charge on any atom is 0.416 e. The molecule has 0 N–H and O–H groups in total. The molecule has 0 unspecified atom stereocenters. The van der Waals surface area contributed by atoms with Crippen molar-refractivity contribution >= 4 is 22.8 Å². The van der Waals surface area contributed by atoms with E-state index in [1.165, 1.54) is 23.1 Å². The molecular weight excluding hydrogens is 421 g/mol. The van der Waals surface area contributed by atoms with Crippen LogP contribution in [0, 0.1) is 0 Å². The molecule has 0 aliphatic carbocycles. The summed E-state index contributed by atoms with van der Waals surface area (Å²) in [5.74, 6) is 1.41. The van der Waals surface area contributed by atoms with Crippen molar-refractivity contribution in [1.29, 1.82) is 0 Å². The lowest BCUT2D eigenvalue weighted by Crippen LogP contribution is -2.47. The Labute approximate surface area is 181 Å². The third kappa shape index (κ3) is 3.81. The van der Waals surface area contributed by atoms with Gasteiger partial charge in [0.05, 0.1) is 23.7 Å². The molecule has 0 saturated carbocycles. The standard InChI is InChI=1S/C21H19F3N8/c22-21(23,24)17-5-2-1-4-15(17)13-32-19-16(12-29-32)18(27-14-28-19)30-8-10-31(11-9-30)20-25-6-3-7-26-20/h1-7,12,14H,8-11,13H2. The zero-order chi connectivity index (χ0) is 22.1. The van der Waals surface area contributed by atoms with E-state index in [1.807, 2.05) is 0 Å². The fourth-order valence-electron chi connectivity index (χ4n) is 3.92. The van der Waals surface area contributed by atoms with E-state index < -0.39 is 11.7 Å². The van der Waals surface area contributed by atoms with Crippen LogP contribution in [0.3, 0.4) is 0 Å². The molecule has 0 atom stereocenters. The second-order valence-electron chi connectivity index (χ2n) is 7.41. The lowest BCUT2D eigenvalue weighted by Gasteiger charge is -2.35. The predicted molar refractivity (Wildman–Crippen MR) is 112 cm³/mol. The number of alkyl halides is 3. The first-order chi connectivity index (χ1) is 15.5. The normalized spacial score (nSPS) is 14.8. The van der Waals surface area contributed by atoms with Gasteiger partial charge in [-0.2, -0.15) is 18.3 Å². The average Bonchev–Trinajstić information content (AvgIpc) is 3.22. The molecule has 1 fully saturated rings. The van der Waals surface area contributed by atoms with Gasteiger partial charge >= 0.3 is 6.18 Å². The fraction of sp³-hybridized carbons (Fsp3) is 0.286. The minimum absolute atomic E-state index is 0.0330. The van der Waals surface area contributed by atoms with Crippen molar-refractivity contribution in [3.05, 3.63) is 66.4 Å². The van der Waals surface area contributed by atoms with Gasteiger partial charge in [0.15, 0.2) is 5.65 Å². The van der Waals surface area contributed by atoms with Crippen LogP contribution in [0.25, 0.3) is 11.0 Å². The molecular formula is C21H19F3N8. The number of piperazine rings is 1. The van der Waals surface area contributed by atoms with Gasteiger partial charge in [0.25, 0.3) is 0 Å². The first kappa shape index (κ1) is 20.2. The molecule has 0 radical (unpaired) electrons. The molecule has 0 spiro atoms. The van der Waals surface area contributed by atoms with E-state index in [0.717, 1.165) is 25.0 Å². The molecule has 4 heterocycles. The van der Waals surface area contributed by atoms with Gasteiger partial charge in [-0.25, -0.2) is 24.6 Å². The van der Waals surface area contributed by atoms with E-state index in [4.69, 9.17) is 0 Å². The minimum Gasteiger partial charge on any atom is -0.352 e. The maximum absolute atomic E-state index is 13.4. The highest BCUT2D eigenvalue weighted by Gasteiger charge is 2.33. The van der Waals surface area contributed by atoms with Gasteiger partial charge in [-0.05, 0) is 17.7 Å². The van der Waals surface area contributed by atoms with Gasteiger partial charge in [0, 0.05) is 38.6 Å². The molecule has 164 valence electrons. The third-order valence-electron chi connectivity index (χ3n) is 5.47. The number of benzene rings is 1. The van der Waals surface area contributed by atoms with E-state index in [9.17, 15) is 13.2 Å². The van der Waals surface area contributed by atoms with Crippen molar-refractivity contribution in [2.75, 3.05) is 36.0 Å². The van der Waals surface area contributed by atoms with Crippen LogP contribution in [0.5, 0.6) is 0 Å². The molecule has 0 amide bonds.